The van der Waals surface area contributed by atoms with Crippen LogP contribution in [0.3, 0.4) is 0 Å². The van der Waals surface area contributed by atoms with Crippen molar-refractivity contribution in [1.29, 1.82) is 0 Å². The number of carbonyl (C=O) groups is 2. The van der Waals surface area contributed by atoms with Crippen LogP contribution in [0.15, 0.2) is 24.5 Å². The molecule has 3 heterocycles. The van der Waals surface area contributed by atoms with Gasteiger partial charge in [0, 0.05) is 44.2 Å². The number of likely N-dealkylation sites (tertiary alicyclic amines) is 1. The molecule has 1 aromatic rings. The lowest BCUT2D eigenvalue weighted by atomic mass is 9.95. The summed E-state index contributed by atoms with van der Waals surface area (Å²) in [6.45, 7) is 2.78. The first-order chi connectivity index (χ1) is 11.7. The zero-order valence-corrected chi connectivity index (χ0v) is 13.9. The maximum atomic E-state index is 12.2. The van der Waals surface area contributed by atoms with Crippen LogP contribution >= 0.6 is 0 Å². The standard InChI is InChI=1S/C18H25N3O3/c22-17(3-1-9-21-10-2-4-18(21)23)20-16-13-24-12-15(16)11-14-5-7-19-8-6-14/h5-8,15-16H,1-4,9-13H2,(H,20,22)/t15-,16-/m1/s1. The molecule has 2 atom stereocenters. The summed E-state index contributed by atoms with van der Waals surface area (Å²) in [7, 11) is 0. The number of amides is 2. The van der Waals surface area contributed by atoms with E-state index >= 15 is 0 Å². The number of hydrogen-bond acceptors (Lipinski definition) is 4. The molecule has 0 saturated carbocycles. The third-order valence-corrected chi connectivity index (χ3v) is 4.80. The van der Waals surface area contributed by atoms with Gasteiger partial charge >= 0.3 is 0 Å². The zero-order chi connectivity index (χ0) is 16.8. The summed E-state index contributed by atoms with van der Waals surface area (Å²) >= 11 is 0. The fraction of sp³-hybridized carbons (Fsp3) is 0.611. The van der Waals surface area contributed by atoms with Crippen LogP contribution in [-0.2, 0) is 20.7 Å². The topological polar surface area (TPSA) is 71.5 Å². The van der Waals surface area contributed by atoms with E-state index in [1.54, 1.807) is 12.4 Å². The minimum absolute atomic E-state index is 0.0527. The molecule has 3 rings (SSSR count). The molecular formula is C18H25N3O3. The maximum Gasteiger partial charge on any atom is 0.222 e. The maximum absolute atomic E-state index is 12.2. The highest BCUT2D eigenvalue weighted by Gasteiger charge is 2.29. The van der Waals surface area contributed by atoms with Crippen molar-refractivity contribution < 1.29 is 14.3 Å². The number of nitrogens with one attached hydrogen (secondary N) is 1. The van der Waals surface area contributed by atoms with Crippen LogP contribution in [-0.4, -0.2) is 54.0 Å². The van der Waals surface area contributed by atoms with Crippen molar-refractivity contribution in [2.45, 2.75) is 38.1 Å². The summed E-state index contributed by atoms with van der Waals surface area (Å²) in [6, 6.07) is 4.08. The quantitative estimate of drug-likeness (QED) is 0.814. The van der Waals surface area contributed by atoms with Crippen LogP contribution in [0.1, 0.15) is 31.2 Å². The summed E-state index contributed by atoms with van der Waals surface area (Å²) in [6.07, 6.45) is 7.25. The van der Waals surface area contributed by atoms with E-state index < -0.39 is 0 Å². The van der Waals surface area contributed by atoms with Gasteiger partial charge in [0.25, 0.3) is 0 Å². The van der Waals surface area contributed by atoms with Gasteiger partial charge in [0.05, 0.1) is 19.3 Å². The van der Waals surface area contributed by atoms with Gasteiger partial charge in [-0.3, -0.25) is 14.6 Å². The van der Waals surface area contributed by atoms with Crippen molar-refractivity contribution in [3.8, 4) is 0 Å². The van der Waals surface area contributed by atoms with Crippen LogP contribution in [0, 0.1) is 5.92 Å². The second-order valence-corrected chi connectivity index (χ2v) is 6.62. The second kappa shape index (κ2) is 8.24. The average molecular weight is 331 g/mol. The Hall–Kier alpha value is -1.95. The van der Waals surface area contributed by atoms with Crippen molar-refractivity contribution in [3.63, 3.8) is 0 Å². The molecular weight excluding hydrogens is 306 g/mol. The smallest absolute Gasteiger partial charge is 0.222 e. The first-order valence-corrected chi connectivity index (χ1v) is 8.76. The Kier molecular flexibility index (Phi) is 5.80. The molecule has 130 valence electrons. The summed E-state index contributed by atoms with van der Waals surface area (Å²) in [5.74, 6) is 0.574. The predicted molar refractivity (Wildman–Crippen MR) is 89.2 cm³/mol. The molecule has 2 fully saturated rings. The van der Waals surface area contributed by atoms with Crippen LogP contribution in [0.25, 0.3) is 0 Å². The van der Waals surface area contributed by atoms with E-state index in [0.717, 1.165) is 25.8 Å². The highest BCUT2D eigenvalue weighted by atomic mass is 16.5. The number of rotatable bonds is 7. The molecule has 0 spiro atoms. The highest BCUT2D eigenvalue weighted by Crippen LogP contribution is 2.19. The van der Waals surface area contributed by atoms with Crippen LogP contribution < -0.4 is 5.32 Å². The molecule has 1 aromatic heterocycles. The molecule has 0 aromatic carbocycles. The van der Waals surface area contributed by atoms with E-state index in [-0.39, 0.29) is 17.9 Å². The number of nitrogens with zero attached hydrogens (tertiary/aromatic N) is 2. The minimum atomic E-state index is 0.0527. The minimum Gasteiger partial charge on any atom is -0.379 e. The lowest BCUT2D eigenvalue weighted by molar-refractivity contribution is -0.128. The van der Waals surface area contributed by atoms with Crippen LogP contribution in [0.2, 0.25) is 0 Å². The van der Waals surface area contributed by atoms with E-state index in [1.807, 2.05) is 17.0 Å². The number of hydrogen-bond donors (Lipinski definition) is 1. The number of aromatic nitrogens is 1. The van der Waals surface area contributed by atoms with Gasteiger partial charge in [-0.05, 0) is 37.0 Å². The van der Waals surface area contributed by atoms with Gasteiger partial charge in [-0.15, -0.1) is 0 Å². The first kappa shape index (κ1) is 16.9. The Bertz CT molecular complexity index is 564. The molecule has 2 amide bonds. The largest absolute Gasteiger partial charge is 0.379 e. The molecule has 6 nitrogen and oxygen atoms in total. The molecule has 6 heteroatoms. The normalized spacial score (nSPS) is 23.7. The number of ether oxygens (including phenoxy) is 1. The molecule has 2 aliphatic rings. The van der Waals surface area contributed by atoms with Gasteiger partial charge in [0.15, 0.2) is 0 Å². The van der Waals surface area contributed by atoms with Crippen molar-refractivity contribution in [3.05, 3.63) is 30.1 Å². The molecule has 2 aliphatic heterocycles. The van der Waals surface area contributed by atoms with Gasteiger partial charge in [-0.1, -0.05) is 0 Å². The van der Waals surface area contributed by atoms with Gasteiger partial charge in [-0.25, -0.2) is 0 Å². The van der Waals surface area contributed by atoms with Crippen molar-refractivity contribution in [2.24, 2.45) is 5.92 Å². The Morgan fingerprint density at radius 3 is 2.92 bits per heavy atom. The molecule has 24 heavy (non-hydrogen) atoms. The molecule has 0 aliphatic carbocycles. The van der Waals surface area contributed by atoms with E-state index in [2.05, 4.69) is 10.3 Å². The van der Waals surface area contributed by atoms with Gasteiger partial charge in [-0.2, -0.15) is 0 Å². The SMILES string of the molecule is O=C(CCCN1CCCC1=O)N[C@@H]1COC[C@H]1Cc1ccncc1. The summed E-state index contributed by atoms with van der Waals surface area (Å²) < 4.78 is 5.56. The molecule has 0 bridgehead atoms. The van der Waals surface area contributed by atoms with E-state index in [0.29, 0.717) is 38.5 Å². The van der Waals surface area contributed by atoms with Gasteiger partial charge in [0.1, 0.15) is 0 Å². The van der Waals surface area contributed by atoms with Crippen molar-refractivity contribution in [2.75, 3.05) is 26.3 Å². The summed E-state index contributed by atoms with van der Waals surface area (Å²) in [5, 5.41) is 3.10. The van der Waals surface area contributed by atoms with Gasteiger partial charge in [0.2, 0.25) is 11.8 Å². The van der Waals surface area contributed by atoms with Gasteiger partial charge < -0.3 is 15.0 Å². The lowest BCUT2D eigenvalue weighted by Crippen LogP contribution is -2.40. The van der Waals surface area contributed by atoms with Crippen LogP contribution in [0.5, 0.6) is 0 Å². The second-order valence-electron chi connectivity index (χ2n) is 6.62. The highest BCUT2D eigenvalue weighted by molar-refractivity contribution is 5.78. The van der Waals surface area contributed by atoms with Crippen molar-refractivity contribution >= 4 is 11.8 Å². The molecule has 1 N–H and O–H groups in total. The molecule has 2 saturated heterocycles. The number of carbonyl (C=O) groups excluding carboxylic acids is 2. The van der Waals surface area contributed by atoms with E-state index in [9.17, 15) is 9.59 Å². The first-order valence-electron chi connectivity index (χ1n) is 8.76. The summed E-state index contributed by atoms with van der Waals surface area (Å²) in [4.78, 5) is 29.6. The number of pyridine rings is 1. The Morgan fingerprint density at radius 2 is 2.17 bits per heavy atom. The molecule has 0 unspecified atom stereocenters. The Morgan fingerprint density at radius 1 is 1.33 bits per heavy atom. The van der Waals surface area contributed by atoms with E-state index in [4.69, 9.17) is 4.74 Å². The molecule has 0 radical (unpaired) electrons. The third kappa shape index (κ3) is 4.54. The van der Waals surface area contributed by atoms with Crippen LogP contribution in [0.4, 0.5) is 0 Å². The monoisotopic (exact) mass is 331 g/mol. The zero-order valence-electron chi connectivity index (χ0n) is 13.9. The van der Waals surface area contributed by atoms with Crippen molar-refractivity contribution in [1.82, 2.24) is 15.2 Å². The average Bonchev–Trinajstić information content (AvgIpc) is 3.18. The van der Waals surface area contributed by atoms with E-state index in [1.165, 1.54) is 5.56 Å². The summed E-state index contributed by atoms with van der Waals surface area (Å²) in [5.41, 5.74) is 1.22. The predicted octanol–water partition coefficient (Wildman–Crippen LogP) is 1.16. The Labute approximate surface area is 142 Å². The Balaban J connectivity index is 1.40. The lowest BCUT2D eigenvalue weighted by Gasteiger charge is -2.20. The fourth-order valence-electron chi connectivity index (χ4n) is 3.43. The third-order valence-electron chi connectivity index (χ3n) is 4.80. The fourth-order valence-corrected chi connectivity index (χ4v) is 3.43.